The molecule has 1 atom stereocenters. The van der Waals surface area contributed by atoms with Gasteiger partial charge in [0.25, 0.3) is 0 Å². The zero-order valence-electron chi connectivity index (χ0n) is 12.0. The van der Waals surface area contributed by atoms with E-state index in [-0.39, 0.29) is 5.38 Å². The average Bonchev–Trinajstić information content (AvgIpc) is 2.86. The lowest BCUT2D eigenvalue weighted by Gasteiger charge is -2.12. The number of hydrogen-bond acceptors (Lipinski definition) is 1. The Kier molecular flexibility index (Phi) is 3.92. The summed E-state index contributed by atoms with van der Waals surface area (Å²) in [6.07, 6.45) is 0.993. The summed E-state index contributed by atoms with van der Waals surface area (Å²) in [6, 6.07) is 14.2. The Bertz CT molecular complexity index is 791. The first-order valence-electron chi connectivity index (χ1n) is 7.01. The second kappa shape index (κ2) is 5.70. The first-order chi connectivity index (χ1) is 10.1. The third-order valence-corrected chi connectivity index (χ3v) is 4.01. The van der Waals surface area contributed by atoms with Gasteiger partial charge in [-0.15, -0.1) is 11.6 Å². The summed E-state index contributed by atoms with van der Waals surface area (Å²) in [7, 11) is 0. The molecule has 0 bridgehead atoms. The molecule has 2 aromatic carbocycles. The molecule has 1 unspecified atom stereocenters. The summed E-state index contributed by atoms with van der Waals surface area (Å²) in [5, 5.41) is 0.519. The van der Waals surface area contributed by atoms with Crippen LogP contribution in [0.25, 0.3) is 16.7 Å². The molecule has 0 spiro atoms. The molecule has 3 rings (SSSR count). The van der Waals surface area contributed by atoms with E-state index < -0.39 is 0 Å². The molecule has 0 fully saturated rings. The molecule has 2 nitrogen and oxygen atoms in total. The van der Waals surface area contributed by atoms with Gasteiger partial charge in [0.05, 0.1) is 16.4 Å². The molecule has 0 aliphatic carbocycles. The second-order valence-corrected chi connectivity index (χ2v) is 6.17. The topological polar surface area (TPSA) is 17.8 Å². The minimum absolute atomic E-state index is 0.179. The van der Waals surface area contributed by atoms with Crippen molar-refractivity contribution >= 4 is 34.2 Å². The SMILES string of the molecule is CCc1cccc(-n2c(C(C)Cl)nc3ccc(Cl)cc32)c1. The maximum Gasteiger partial charge on any atom is 0.132 e. The van der Waals surface area contributed by atoms with Gasteiger partial charge in [-0.25, -0.2) is 4.98 Å². The molecule has 0 aliphatic heterocycles. The molecular weight excluding hydrogens is 303 g/mol. The van der Waals surface area contributed by atoms with Crippen LogP contribution in [0.1, 0.15) is 30.6 Å². The molecule has 21 heavy (non-hydrogen) atoms. The van der Waals surface area contributed by atoms with E-state index in [1.54, 1.807) is 0 Å². The maximum atomic E-state index is 6.33. The van der Waals surface area contributed by atoms with Crippen molar-refractivity contribution in [3.8, 4) is 5.69 Å². The normalized spacial score (nSPS) is 12.8. The summed E-state index contributed by atoms with van der Waals surface area (Å²) in [5.41, 5.74) is 4.24. The Hall–Kier alpha value is -1.51. The molecule has 0 saturated heterocycles. The number of imidazole rings is 1. The fraction of sp³-hybridized carbons (Fsp3) is 0.235. The number of halogens is 2. The first-order valence-corrected chi connectivity index (χ1v) is 7.83. The van der Waals surface area contributed by atoms with Crippen LogP contribution in [0, 0.1) is 0 Å². The highest BCUT2D eigenvalue weighted by Crippen LogP contribution is 2.30. The van der Waals surface area contributed by atoms with Crippen LogP contribution in [0.5, 0.6) is 0 Å². The van der Waals surface area contributed by atoms with Crippen LogP contribution in [0.3, 0.4) is 0 Å². The van der Waals surface area contributed by atoms with Crippen molar-refractivity contribution in [1.29, 1.82) is 0 Å². The number of hydrogen-bond donors (Lipinski definition) is 0. The van der Waals surface area contributed by atoms with E-state index in [1.165, 1.54) is 5.56 Å². The standard InChI is InChI=1S/C17H16Cl2N2/c1-3-12-5-4-6-14(9-12)21-16-10-13(19)7-8-15(16)20-17(21)11(2)18/h4-11H,3H2,1-2H3. The summed E-state index contributed by atoms with van der Waals surface area (Å²) in [4.78, 5) is 4.66. The van der Waals surface area contributed by atoms with Crippen molar-refractivity contribution in [3.05, 3.63) is 58.9 Å². The average molecular weight is 319 g/mol. The molecule has 3 aromatic rings. The smallest absolute Gasteiger partial charge is 0.132 e. The van der Waals surface area contributed by atoms with Crippen LogP contribution in [0.15, 0.2) is 42.5 Å². The third kappa shape index (κ3) is 2.66. The fourth-order valence-corrected chi connectivity index (χ4v) is 2.83. The molecule has 1 heterocycles. The van der Waals surface area contributed by atoms with E-state index in [0.717, 1.165) is 29.0 Å². The Balaban J connectivity index is 2.32. The Labute approximate surface area is 134 Å². The minimum Gasteiger partial charge on any atom is -0.295 e. The molecule has 0 N–H and O–H groups in total. The Morgan fingerprint density at radius 1 is 1.19 bits per heavy atom. The van der Waals surface area contributed by atoms with Crippen LogP contribution in [0.4, 0.5) is 0 Å². The van der Waals surface area contributed by atoms with Gasteiger partial charge < -0.3 is 0 Å². The number of aromatic nitrogens is 2. The molecule has 0 radical (unpaired) electrons. The van der Waals surface area contributed by atoms with E-state index in [0.29, 0.717) is 5.02 Å². The highest BCUT2D eigenvalue weighted by Gasteiger charge is 2.16. The van der Waals surface area contributed by atoms with Crippen LogP contribution < -0.4 is 0 Å². The van der Waals surface area contributed by atoms with Crippen LogP contribution in [-0.4, -0.2) is 9.55 Å². The van der Waals surface area contributed by atoms with Gasteiger partial charge in [0.2, 0.25) is 0 Å². The summed E-state index contributed by atoms with van der Waals surface area (Å²) in [6.45, 7) is 4.08. The Morgan fingerprint density at radius 2 is 2.00 bits per heavy atom. The van der Waals surface area contributed by atoms with Crippen LogP contribution >= 0.6 is 23.2 Å². The van der Waals surface area contributed by atoms with Crippen molar-refractivity contribution in [3.63, 3.8) is 0 Å². The predicted molar refractivity (Wildman–Crippen MR) is 89.7 cm³/mol. The number of aryl methyl sites for hydroxylation is 1. The van der Waals surface area contributed by atoms with Crippen molar-refractivity contribution in [2.75, 3.05) is 0 Å². The van der Waals surface area contributed by atoms with Gasteiger partial charge in [0, 0.05) is 10.7 Å². The van der Waals surface area contributed by atoms with E-state index in [4.69, 9.17) is 23.2 Å². The van der Waals surface area contributed by atoms with Gasteiger partial charge in [-0.05, 0) is 49.2 Å². The molecule has 108 valence electrons. The summed E-state index contributed by atoms with van der Waals surface area (Å²) < 4.78 is 2.10. The quantitative estimate of drug-likeness (QED) is 0.579. The highest BCUT2D eigenvalue weighted by molar-refractivity contribution is 6.31. The second-order valence-electron chi connectivity index (χ2n) is 5.08. The van der Waals surface area contributed by atoms with Crippen LogP contribution in [-0.2, 0) is 6.42 Å². The molecule has 1 aromatic heterocycles. The van der Waals surface area contributed by atoms with Crippen molar-refractivity contribution in [2.24, 2.45) is 0 Å². The van der Waals surface area contributed by atoms with E-state index in [1.807, 2.05) is 25.1 Å². The van der Waals surface area contributed by atoms with Gasteiger partial charge in [-0.3, -0.25) is 4.57 Å². The molecule has 0 amide bonds. The van der Waals surface area contributed by atoms with E-state index in [9.17, 15) is 0 Å². The lowest BCUT2D eigenvalue weighted by Crippen LogP contribution is -2.02. The summed E-state index contributed by atoms with van der Waals surface area (Å²) >= 11 is 12.5. The Morgan fingerprint density at radius 3 is 2.71 bits per heavy atom. The van der Waals surface area contributed by atoms with E-state index >= 15 is 0 Å². The molecular formula is C17H16Cl2N2. The van der Waals surface area contributed by atoms with Crippen molar-refractivity contribution in [1.82, 2.24) is 9.55 Å². The van der Waals surface area contributed by atoms with Gasteiger partial charge in [-0.1, -0.05) is 30.7 Å². The first kappa shape index (κ1) is 14.4. The van der Waals surface area contributed by atoms with Gasteiger partial charge in [-0.2, -0.15) is 0 Å². The number of fused-ring (bicyclic) bond motifs is 1. The van der Waals surface area contributed by atoms with Crippen LogP contribution in [0.2, 0.25) is 5.02 Å². The van der Waals surface area contributed by atoms with Gasteiger partial charge in [0.15, 0.2) is 0 Å². The molecule has 4 heteroatoms. The lowest BCUT2D eigenvalue weighted by atomic mass is 10.1. The number of rotatable bonds is 3. The van der Waals surface area contributed by atoms with E-state index in [2.05, 4.69) is 40.7 Å². The monoisotopic (exact) mass is 318 g/mol. The van der Waals surface area contributed by atoms with Crippen molar-refractivity contribution < 1.29 is 0 Å². The van der Waals surface area contributed by atoms with Gasteiger partial charge in [0.1, 0.15) is 5.82 Å². The predicted octanol–water partition coefficient (Wildman–Crippen LogP) is 5.54. The number of nitrogens with zero attached hydrogens (tertiary/aromatic N) is 2. The maximum absolute atomic E-state index is 6.33. The highest BCUT2D eigenvalue weighted by atomic mass is 35.5. The minimum atomic E-state index is -0.179. The zero-order valence-corrected chi connectivity index (χ0v) is 13.5. The molecule has 0 aliphatic rings. The van der Waals surface area contributed by atoms with Crippen molar-refractivity contribution in [2.45, 2.75) is 25.6 Å². The summed E-state index contributed by atoms with van der Waals surface area (Å²) in [5.74, 6) is 0.835. The fourth-order valence-electron chi connectivity index (χ4n) is 2.52. The third-order valence-electron chi connectivity index (χ3n) is 3.58. The lowest BCUT2D eigenvalue weighted by molar-refractivity contribution is 0.881. The molecule has 0 saturated carbocycles. The zero-order chi connectivity index (χ0) is 15.0. The van der Waals surface area contributed by atoms with Gasteiger partial charge >= 0.3 is 0 Å². The number of benzene rings is 2. The largest absolute Gasteiger partial charge is 0.295 e. The number of alkyl halides is 1.